The van der Waals surface area contributed by atoms with E-state index in [4.69, 9.17) is 14.2 Å². The van der Waals surface area contributed by atoms with Gasteiger partial charge in [-0.15, -0.1) is 0 Å². The van der Waals surface area contributed by atoms with Gasteiger partial charge < -0.3 is 14.2 Å². The zero-order valence-corrected chi connectivity index (χ0v) is 11.7. The van der Waals surface area contributed by atoms with Gasteiger partial charge in [0.2, 0.25) is 0 Å². The molecule has 1 aromatic carbocycles. The molecule has 0 saturated carbocycles. The molecule has 1 aromatic rings. The molecule has 0 N–H and O–H groups in total. The minimum atomic E-state index is -0.465. The molecule has 0 spiro atoms. The Morgan fingerprint density at radius 3 is 2.33 bits per heavy atom. The summed E-state index contributed by atoms with van der Waals surface area (Å²) in [6.07, 6.45) is 0.749. The third-order valence-electron chi connectivity index (χ3n) is 3.50. The number of ether oxygens (including phenoxy) is 3. The van der Waals surface area contributed by atoms with E-state index >= 15 is 0 Å². The maximum atomic E-state index is 5.84. The van der Waals surface area contributed by atoms with Gasteiger partial charge in [-0.2, -0.15) is 0 Å². The average molecular weight is 250 g/mol. The molecular formula is C15H22O3. The van der Waals surface area contributed by atoms with Crippen LogP contribution in [0.5, 0.6) is 5.75 Å². The lowest BCUT2D eigenvalue weighted by atomic mass is 10.1. The molecule has 0 amide bonds. The Hall–Kier alpha value is -1.06. The van der Waals surface area contributed by atoms with Crippen LogP contribution in [0, 0.1) is 20.8 Å². The van der Waals surface area contributed by atoms with E-state index in [1.54, 1.807) is 0 Å². The van der Waals surface area contributed by atoms with Crippen molar-refractivity contribution in [2.45, 2.75) is 39.9 Å². The lowest BCUT2D eigenvalue weighted by Gasteiger charge is -2.22. The number of benzene rings is 1. The fourth-order valence-electron chi connectivity index (χ4n) is 2.14. The largest absolute Gasteiger partial charge is 0.493 e. The monoisotopic (exact) mass is 250 g/mol. The van der Waals surface area contributed by atoms with Crippen molar-refractivity contribution in [2.24, 2.45) is 0 Å². The number of hydrogen-bond acceptors (Lipinski definition) is 3. The van der Waals surface area contributed by atoms with E-state index in [1.165, 1.54) is 16.7 Å². The third kappa shape index (κ3) is 3.03. The maximum absolute atomic E-state index is 5.84. The van der Waals surface area contributed by atoms with Crippen LogP contribution in [0.15, 0.2) is 12.1 Å². The summed E-state index contributed by atoms with van der Waals surface area (Å²) in [5, 5.41) is 0. The summed E-state index contributed by atoms with van der Waals surface area (Å²) in [5.41, 5.74) is 3.74. The van der Waals surface area contributed by atoms with Crippen LogP contribution in [0.25, 0.3) is 0 Å². The van der Waals surface area contributed by atoms with Crippen LogP contribution >= 0.6 is 0 Å². The van der Waals surface area contributed by atoms with E-state index in [0.29, 0.717) is 19.8 Å². The van der Waals surface area contributed by atoms with E-state index < -0.39 is 5.79 Å². The normalized spacial score (nSPS) is 18.0. The van der Waals surface area contributed by atoms with Crippen molar-refractivity contribution in [2.75, 3.05) is 19.8 Å². The quantitative estimate of drug-likeness (QED) is 0.821. The molecule has 100 valence electrons. The molecule has 0 aliphatic carbocycles. The Labute approximate surface area is 109 Å². The zero-order chi connectivity index (χ0) is 13.2. The van der Waals surface area contributed by atoms with E-state index in [-0.39, 0.29) is 0 Å². The summed E-state index contributed by atoms with van der Waals surface area (Å²) >= 11 is 0. The van der Waals surface area contributed by atoms with E-state index in [9.17, 15) is 0 Å². The van der Waals surface area contributed by atoms with Crippen molar-refractivity contribution in [1.82, 2.24) is 0 Å². The fraction of sp³-hybridized carbons (Fsp3) is 0.600. The van der Waals surface area contributed by atoms with Crippen LogP contribution in [0.4, 0.5) is 0 Å². The highest BCUT2D eigenvalue weighted by molar-refractivity contribution is 5.40. The third-order valence-corrected chi connectivity index (χ3v) is 3.50. The smallest absolute Gasteiger partial charge is 0.168 e. The summed E-state index contributed by atoms with van der Waals surface area (Å²) in [6.45, 7) is 10.2. The molecule has 1 aliphatic heterocycles. The standard InChI is InChI=1S/C15H22O3/c1-11-9-13(3)14(10-12(11)2)16-6-5-15(4)17-7-8-18-15/h9-10H,5-8H2,1-4H3. The number of aryl methyl sites for hydroxylation is 3. The minimum Gasteiger partial charge on any atom is -0.493 e. The molecule has 2 rings (SSSR count). The number of hydrogen-bond donors (Lipinski definition) is 0. The molecule has 18 heavy (non-hydrogen) atoms. The molecular weight excluding hydrogens is 228 g/mol. The highest BCUT2D eigenvalue weighted by Crippen LogP contribution is 2.25. The van der Waals surface area contributed by atoms with Crippen molar-refractivity contribution < 1.29 is 14.2 Å². The van der Waals surface area contributed by atoms with Crippen molar-refractivity contribution in [1.29, 1.82) is 0 Å². The van der Waals surface area contributed by atoms with Gasteiger partial charge in [0.25, 0.3) is 0 Å². The van der Waals surface area contributed by atoms with Gasteiger partial charge >= 0.3 is 0 Å². The van der Waals surface area contributed by atoms with Crippen LogP contribution in [-0.2, 0) is 9.47 Å². The Morgan fingerprint density at radius 2 is 1.67 bits per heavy atom. The van der Waals surface area contributed by atoms with Crippen LogP contribution in [0.3, 0.4) is 0 Å². The first-order valence-electron chi connectivity index (χ1n) is 6.49. The lowest BCUT2D eigenvalue weighted by Crippen LogP contribution is -2.28. The molecule has 1 fully saturated rings. The first-order chi connectivity index (χ1) is 8.50. The first kappa shape index (κ1) is 13.4. The Bertz CT molecular complexity index is 420. The second-order valence-electron chi connectivity index (χ2n) is 5.13. The van der Waals surface area contributed by atoms with Gasteiger partial charge in [-0.25, -0.2) is 0 Å². The van der Waals surface area contributed by atoms with Crippen molar-refractivity contribution in [3.63, 3.8) is 0 Å². The average Bonchev–Trinajstić information content (AvgIpc) is 2.73. The topological polar surface area (TPSA) is 27.7 Å². The molecule has 0 atom stereocenters. The maximum Gasteiger partial charge on any atom is 0.168 e. The Kier molecular flexibility index (Phi) is 3.93. The molecule has 0 unspecified atom stereocenters. The summed E-state index contributed by atoms with van der Waals surface area (Å²) < 4.78 is 16.9. The van der Waals surface area contributed by atoms with E-state index in [0.717, 1.165) is 12.2 Å². The van der Waals surface area contributed by atoms with Gasteiger partial charge in [0.15, 0.2) is 5.79 Å². The van der Waals surface area contributed by atoms with Crippen LogP contribution < -0.4 is 4.74 Å². The second kappa shape index (κ2) is 5.29. The van der Waals surface area contributed by atoms with Crippen LogP contribution in [0.2, 0.25) is 0 Å². The Morgan fingerprint density at radius 1 is 1.06 bits per heavy atom. The Balaban J connectivity index is 1.92. The van der Waals surface area contributed by atoms with Gasteiger partial charge in [-0.1, -0.05) is 6.07 Å². The summed E-state index contributed by atoms with van der Waals surface area (Å²) in [5.74, 6) is 0.493. The van der Waals surface area contributed by atoms with Gasteiger partial charge in [-0.3, -0.25) is 0 Å². The van der Waals surface area contributed by atoms with Gasteiger partial charge in [-0.05, 0) is 50.5 Å². The molecule has 1 aliphatic rings. The minimum absolute atomic E-state index is 0.465. The number of rotatable bonds is 4. The summed E-state index contributed by atoms with van der Waals surface area (Å²) in [6, 6.07) is 4.26. The van der Waals surface area contributed by atoms with Crippen molar-refractivity contribution in [3.05, 3.63) is 28.8 Å². The fourth-order valence-corrected chi connectivity index (χ4v) is 2.14. The van der Waals surface area contributed by atoms with Crippen LogP contribution in [-0.4, -0.2) is 25.6 Å². The van der Waals surface area contributed by atoms with Crippen molar-refractivity contribution in [3.8, 4) is 5.75 Å². The molecule has 0 bridgehead atoms. The first-order valence-corrected chi connectivity index (χ1v) is 6.49. The molecule has 0 radical (unpaired) electrons. The zero-order valence-electron chi connectivity index (χ0n) is 11.7. The second-order valence-corrected chi connectivity index (χ2v) is 5.13. The van der Waals surface area contributed by atoms with Gasteiger partial charge in [0.1, 0.15) is 5.75 Å². The van der Waals surface area contributed by atoms with Crippen LogP contribution in [0.1, 0.15) is 30.0 Å². The SMILES string of the molecule is Cc1cc(C)c(OCCC2(C)OCCO2)cc1C. The highest BCUT2D eigenvalue weighted by Gasteiger charge is 2.30. The summed E-state index contributed by atoms with van der Waals surface area (Å²) in [7, 11) is 0. The lowest BCUT2D eigenvalue weighted by molar-refractivity contribution is -0.150. The van der Waals surface area contributed by atoms with Crippen molar-refractivity contribution >= 4 is 0 Å². The molecule has 3 nitrogen and oxygen atoms in total. The predicted molar refractivity (Wildman–Crippen MR) is 71.1 cm³/mol. The van der Waals surface area contributed by atoms with Gasteiger partial charge in [0, 0.05) is 6.42 Å². The molecule has 1 heterocycles. The molecule has 0 aromatic heterocycles. The van der Waals surface area contributed by atoms with Gasteiger partial charge in [0.05, 0.1) is 19.8 Å². The van der Waals surface area contributed by atoms with E-state index in [2.05, 4.69) is 32.9 Å². The van der Waals surface area contributed by atoms with E-state index in [1.807, 2.05) is 6.92 Å². The molecule has 3 heteroatoms. The highest BCUT2D eigenvalue weighted by atomic mass is 16.7. The predicted octanol–water partition coefficient (Wildman–Crippen LogP) is 3.14. The molecule has 1 saturated heterocycles. The summed E-state index contributed by atoms with van der Waals surface area (Å²) in [4.78, 5) is 0.